The van der Waals surface area contributed by atoms with E-state index in [0.717, 1.165) is 6.20 Å². The largest absolute Gasteiger partial charge is 0.290 e. The van der Waals surface area contributed by atoms with E-state index in [4.69, 9.17) is 4.55 Å². The molecular weight excluding hydrogens is 102 g/mol. The summed E-state index contributed by atoms with van der Waals surface area (Å²) >= 11 is -1.93. The van der Waals surface area contributed by atoms with E-state index in [1.807, 2.05) is 4.72 Å². The molecule has 0 spiro atoms. The van der Waals surface area contributed by atoms with Gasteiger partial charge in [0.1, 0.15) is 0 Å². The van der Waals surface area contributed by atoms with Crippen molar-refractivity contribution in [1.29, 1.82) is 0 Å². The smallest absolute Gasteiger partial charge is 0.258 e. The normalized spacial score (nSPS) is 12.8. The van der Waals surface area contributed by atoms with Crippen LogP contribution in [-0.2, 0) is 11.3 Å². The Morgan fingerprint density at radius 1 is 2.00 bits per heavy atom. The monoisotopic (exact) mass is 107 g/mol. The Morgan fingerprint density at radius 3 is 2.50 bits per heavy atom. The van der Waals surface area contributed by atoms with E-state index in [0.29, 0.717) is 0 Å². The molecule has 1 unspecified atom stereocenters. The SMILES string of the molecule is C=CNS(=O)O. The highest BCUT2D eigenvalue weighted by molar-refractivity contribution is 7.77. The molecule has 36 valence electrons. The summed E-state index contributed by atoms with van der Waals surface area (Å²) in [7, 11) is 0. The van der Waals surface area contributed by atoms with Gasteiger partial charge in [0.15, 0.2) is 0 Å². The van der Waals surface area contributed by atoms with Crippen molar-refractivity contribution in [1.82, 2.24) is 4.72 Å². The standard InChI is InChI=1S/C2H5NO2S/c1-2-3-6(4)5/h2-3H,1H2,(H,4,5). The molecule has 0 aromatic rings. The van der Waals surface area contributed by atoms with Gasteiger partial charge in [0, 0.05) is 6.20 Å². The first-order valence-electron chi connectivity index (χ1n) is 1.25. The Morgan fingerprint density at radius 2 is 2.50 bits per heavy atom. The molecular formula is C2H5NO2S. The first-order chi connectivity index (χ1) is 2.77. The molecule has 6 heavy (non-hydrogen) atoms. The van der Waals surface area contributed by atoms with Gasteiger partial charge in [-0.1, -0.05) is 6.58 Å². The van der Waals surface area contributed by atoms with Gasteiger partial charge in [-0.25, -0.2) is 4.21 Å². The summed E-state index contributed by atoms with van der Waals surface area (Å²) in [5.41, 5.74) is 0. The van der Waals surface area contributed by atoms with E-state index in [2.05, 4.69) is 6.58 Å². The zero-order valence-corrected chi connectivity index (χ0v) is 3.86. The van der Waals surface area contributed by atoms with Crippen LogP contribution >= 0.6 is 0 Å². The van der Waals surface area contributed by atoms with Gasteiger partial charge in [0.2, 0.25) is 0 Å². The van der Waals surface area contributed by atoms with Crippen molar-refractivity contribution >= 4 is 11.3 Å². The van der Waals surface area contributed by atoms with Crippen molar-refractivity contribution in [2.75, 3.05) is 0 Å². The summed E-state index contributed by atoms with van der Waals surface area (Å²) in [6, 6.07) is 0. The Hall–Kier alpha value is -0.350. The van der Waals surface area contributed by atoms with Gasteiger partial charge in [-0.3, -0.25) is 9.27 Å². The number of rotatable bonds is 2. The van der Waals surface area contributed by atoms with Gasteiger partial charge < -0.3 is 0 Å². The molecule has 0 saturated heterocycles. The molecule has 0 saturated carbocycles. The van der Waals surface area contributed by atoms with Crippen molar-refractivity contribution in [2.45, 2.75) is 0 Å². The molecule has 0 heterocycles. The number of hydrogen-bond donors (Lipinski definition) is 2. The summed E-state index contributed by atoms with van der Waals surface area (Å²) in [6.45, 7) is 3.14. The number of hydrogen-bond acceptors (Lipinski definition) is 1. The van der Waals surface area contributed by atoms with Crippen molar-refractivity contribution in [2.24, 2.45) is 0 Å². The lowest BCUT2D eigenvalue weighted by Crippen LogP contribution is -2.05. The van der Waals surface area contributed by atoms with Crippen molar-refractivity contribution in [3.05, 3.63) is 12.8 Å². The maximum Gasteiger partial charge on any atom is 0.258 e. The van der Waals surface area contributed by atoms with Crippen LogP contribution in [0.1, 0.15) is 0 Å². The lowest BCUT2D eigenvalue weighted by atomic mass is 11.1. The first-order valence-corrected chi connectivity index (χ1v) is 2.36. The van der Waals surface area contributed by atoms with Crippen molar-refractivity contribution < 1.29 is 8.76 Å². The van der Waals surface area contributed by atoms with Gasteiger partial charge in [0.05, 0.1) is 0 Å². The molecule has 0 rings (SSSR count). The summed E-state index contributed by atoms with van der Waals surface area (Å²) in [4.78, 5) is 0. The fourth-order valence-corrected chi connectivity index (χ4v) is 0.214. The third kappa shape index (κ3) is 3.65. The predicted molar refractivity (Wildman–Crippen MR) is 24.1 cm³/mol. The van der Waals surface area contributed by atoms with Gasteiger partial charge in [-0.2, -0.15) is 0 Å². The molecule has 0 amide bonds. The lowest BCUT2D eigenvalue weighted by molar-refractivity contribution is 0.558. The highest BCUT2D eigenvalue weighted by Crippen LogP contribution is 1.56. The zero-order valence-electron chi connectivity index (χ0n) is 3.05. The topological polar surface area (TPSA) is 49.3 Å². The Labute approximate surface area is 38.5 Å². The maximum absolute atomic E-state index is 9.53. The average molecular weight is 107 g/mol. The minimum atomic E-state index is -1.93. The van der Waals surface area contributed by atoms with Crippen LogP contribution in [0.15, 0.2) is 12.8 Å². The summed E-state index contributed by atoms with van der Waals surface area (Å²) in [6.07, 6.45) is 1.15. The lowest BCUT2D eigenvalue weighted by Gasteiger charge is -1.83. The molecule has 0 fully saturated rings. The van der Waals surface area contributed by atoms with E-state index < -0.39 is 11.3 Å². The highest BCUT2D eigenvalue weighted by atomic mass is 32.2. The van der Waals surface area contributed by atoms with Crippen LogP contribution in [0.2, 0.25) is 0 Å². The van der Waals surface area contributed by atoms with E-state index in [1.165, 1.54) is 0 Å². The Bertz CT molecular complexity index is 71.9. The molecule has 0 aliphatic rings. The van der Waals surface area contributed by atoms with Crippen LogP contribution < -0.4 is 4.72 Å². The second-order valence-electron chi connectivity index (χ2n) is 0.571. The second kappa shape index (κ2) is 2.87. The Kier molecular flexibility index (Phi) is 2.70. The molecule has 3 nitrogen and oxygen atoms in total. The summed E-state index contributed by atoms with van der Waals surface area (Å²) in [5, 5.41) is 0. The Balaban J connectivity index is 3.05. The average Bonchev–Trinajstić information content (AvgIpc) is 1.35. The predicted octanol–water partition coefficient (Wildman–Crippen LogP) is -0.144. The van der Waals surface area contributed by atoms with Gasteiger partial charge in [-0.15, -0.1) is 0 Å². The molecule has 0 aromatic carbocycles. The molecule has 0 radical (unpaired) electrons. The molecule has 0 aromatic heterocycles. The molecule has 0 aliphatic carbocycles. The third-order valence-corrected chi connectivity index (χ3v) is 0.552. The first kappa shape index (κ1) is 5.65. The molecule has 2 N–H and O–H groups in total. The van der Waals surface area contributed by atoms with Crippen molar-refractivity contribution in [3.63, 3.8) is 0 Å². The van der Waals surface area contributed by atoms with Gasteiger partial charge in [-0.05, 0) is 0 Å². The van der Waals surface area contributed by atoms with Crippen LogP contribution in [0.5, 0.6) is 0 Å². The maximum atomic E-state index is 9.53. The van der Waals surface area contributed by atoms with Crippen molar-refractivity contribution in [3.8, 4) is 0 Å². The zero-order chi connectivity index (χ0) is 4.99. The van der Waals surface area contributed by atoms with Crippen LogP contribution in [0.3, 0.4) is 0 Å². The van der Waals surface area contributed by atoms with Gasteiger partial charge in [0.25, 0.3) is 11.3 Å². The van der Waals surface area contributed by atoms with Crippen LogP contribution in [-0.4, -0.2) is 8.76 Å². The van der Waals surface area contributed by atoms with Gasteiger partial charge >= 0.3 is 0 Å². The van der Waals surface area contributed by atoms with E-state index in [-0.39, 0.29) is 0 Å². The summed E-state index contributed by atoms with van der Waals surface area (Å²) in [5.74, 6) is 0. The van der Waals surface area contributed by atoms with E-state index in [1.54, 1.807) is 0 Å². The fraction of sp³-hybridized carbons (Fsp3) is 0. The second-order valence-corrected chi connectivity index (χ2v) is 1.31. The van der Waals surface area contributed by atoms with Crippen LogP contribution in [0, 0.1) is 0 Å². The van der Waals surface area contributed by atoms with E-state index >= 15 is 0 Å². The molecule has 0 bridgehead atoms. The quantitative estimate of drug-likeness (QED) is 0.482. The van der Waals surface area contributed by atoms with Crippen LogP contribution in [0.25, 0.3) is 0 Å². The summed E-state index contributed by atoms with van der Waals surface area (Å²) < 4.78 is 19.4. The number of nitrogens with one attached hydrogen (secondary N) is 1. The van der Waals surface area contributed by atoms with Crippen LogP contribution in [0.4, 0.5) is 0 Å². The fourth-order valence-electron chi connectivity index (χ4n) is 0.0713. The minimum Gasteiger partial charge on any atom is -0.290 e. The van der Waals surface area contributed by atoms with E-state index in [9.17, 15) is 4.21 Å². The third-order valence-electron chi connectivity index (χ3n) is 0.184. The molecule has 1 atom stereocenters. The molecule has 4 heteroatoms. The molecule has 0 aliphatic heterocycles. The highest BCUT2D eigenvalue weighted by Gasteiger charge is 1.75. The minimum absolute atomic E-state index is 1.15.